The highest BCUT2D eigenvalue weighted by Gasteiger charge is 2.43. The number of methoxy groups -OCH3 is 1. The molecule has 0 unspecified atom stereocenters. The number of benzene rings is 2. The lowest BCUT2D eigenvalue weighted by atomic mass is 9.82. The highest BCUT2D eigenvalue weighted by atomic mass is 19.1. The van der Waals surface area contributed by atoms with Crippen LogP contribution in [0.1, 0.15) is 31.4 Å². The fourth-order valence-electron chi connectivity index (χ4n) is 4.80. The molecule has 0 aliphatic carbocycles. The molecule has 0 saturated carbocycles. The smallest absolute Gasteiger partial charge is 0.409 e. The fraction of sp³-hybridized carbons (Fsp3) is 0.423. The Morgan fingerprint density at radius 3 is 2.20 bits per heavy atom. The Morgan fingerprint density at radius 1 is 0.971 bits per heavy atom. The molecule has 0 aromatic heterocycles. The van der Waals surface area contributed by atoms with E-state index in [1.54, 1.807) is 65.1 Å². The monoisotopic (exact) mass is 483 g/mol. The van der Waals surface area contributed by atoms with Crippen LogP contribution in [0.2, 0.25) is 0 Å². The molecule has 0 radical (unpaired) electrons. The molecule has 9 heteroatoms. The molecule has 0 N–H and O–H groups in total. The summed E-state index contributed by atoms with van der Waals surface area (Å²) in [5.74, 6) is -0.405. The van der Waals surface area contributed by atoms with Gasteiger partial charge in [0.25, 0.3) is 0 Å². The van der Waals surface area contributed by atoms with E-state index in [2.05, 4.69) is 0 Å². The lowest BCUT2D eigenvalue weighted by molar-refractivity contribution is -0.140. The molecule has 3 amide bonds. The Bertz CT molecular complexity index is 1050. The van der Waals surface area contributed by atoms with Crippen molar-refractivity contribution in [1.29, 1.82) is 0 Å². The Kier molecular flexibility index (Phi) is 7.53. The molecule has 8 nitrogen and oxygen atoms in total. The first-order chi connectivity index (χ1) is 16.9. The average molecular weight is 484 g/mol. The van der Waals surface area contributed by atoms with Gasteiger partial charge in [-0.1, -0.05) is 12.1 Å². The van der Waals surface area contributed by atoms with Crippen LogP contribution in [0.4, 0.5) is 14.9 Å². The molecule has 0 bridgehead atoms. The van der Waals surface area contributed by atoms with Crippen molar-refractivity contribution in [2.24, 2.45) is 5.92 Å². The van der Waals surface area contributed by atoms with E-state index in [0.29, 0.717) is 56.2 Å². The lowest BCUT2D eigenvalue weighted by Gasteiger charge is -2.43. The van der Waals surface area contributed by atoms with Crippen LogP contribution in [0.25, 0.3) is 0 Å². The number of rotatable bonds is 5. The number of nitrogens with zero attached hydrogens (tertiary/aromatic N) is 3. The van der Waals surface area contributed by atoms with Crippen molar-refractivity contribution in [3.63, 3.8) is 0 Å². The molecule has 4 rings (SSSR count). The minimum atomic E-state index is -0.583. The van der Waals surface area contributed by atoms with Crippen molar-refractivity contribution in [2.45, 2.75) is 25.8 Å². The van der Waals surface area contributed by atoms with Gasteiger partial charge in [0, 0.05) is 38.3 Å². The van der Waals surface area contributed by atoms with Gasteiger partial charge in [-0.15, -0.1) is 0 Å². The molecular formula is C26H30FN3O5. The van der Waals surface area contributed by atoms with Gasteiger partial charge < -0.3 is 24.2 Å². The highest BCUT2D eigenvalue weighted by Crippen LogP contribution is 2.41. The van der Waals surface area contributed by atoms with E-state index >= 15 is 0 Å². The molecule has 0 spiro atoms. The molecule has 2 fully saturated rings. The van der Waals surface area contributed by atoms with E-state index in [9.17, 15) is 18.8 Å². The number of carbonyl (C=O) groups excluding carboxylic acids is 3. The van der Waals surface area contributed by atoms with Gasteiger partial charge in [0.05, 0.1) is 25.7 Å². The quantitative estimate of drug-likeness (QED) is 0.649. The standard InChI is InChI=1S/C26H30FN3O5/c1-3-35-26(33)29-16-14-28(15-17-29)25(32)22-12-13-23(31)30(20-8-10-21(34-2)11-9-20)24(22)18-4-6-19(27)7-5-18/h4-11,22,24H,3,12-17H2,1-2H3/t22-,24+/m1/s1. The molecule has 2 aromatic carbocycles. The van der Waals surface area contributed by atoms with Crippen LogP contribution in [-0.2, 0) is 14.3 Å². The van der Waals surface area contributed by atoms with E-state index in [4.69, 9.17) is 9.47 Å². The second-order valence-corrected chi connectivity index (χ2v) is 8.61. The molecule has 2 saturated heterocycles. The van der Waals surface area contributed by atoms with Crippen molar-refractivity contribution < 1.29 is 28.2 Å². The molecule has 2 aliphatic heterocycles. The summed E-state index contributed by atoms with van der Waals surface area (Å²) in [7, 11) is 1.57. The van der Waals surface area contributed by atoms with E-state index in [-0.39, 0.29) is 30.1 Å². The predicted octanol–water partition coefficient (Wildman–Crippen LogP) is 3.62. The summed E-state index contributed by atoms with van der Waals surface area (Å²) >= 11 is 0. The first kappa shape index (κ1) is 24.5. The summed E-state index contributed by atoms with van der Waals surface area (Å²) in [6, 6.07) is 12.5. The zero-order chi connectivity index (χ0) is 24.9. The van der Waals surface area contributed by atoms with E-state index in [1.165, 1.54) is 12.1 Å². The van der Waals surface area contributed by atoms with E-state index in [1.807, 2.05) is 0 Å². The van der Waals surface area contributed by atoms with Crippen molar-refractivity contribution in [2.75, 3.05) is 44.8 Å². The largest absolute Gasteiger partial charge is 0.497 e. The van der Waals surface area contributed by atoms with Crippen LogP contribution < -0.4 is 9.64 Å². The Balaban J connectivity index is 1.62. The van der Waals surface area contributed by atoms with Crippen LogP contribution in [0.3, 0.4) is 0 Å². The maximum Gasteiger partial charge on any atom is 0.409 e. The van der Waals surface area contributed by atoms with Gasteiger partial charge in [-0.25, -0.2) is 9.18 Å². The lowest BCUT2D eigenvalue weighted by Crippen LogP contribution is -2.55. The fourth-order valence-corrected chi connectivity index (χ4v) is 4.80. The maximum atomic E-state index is 13.7. The first-order valence-electron chi connectivity index (χ1n) is 11.8. The summed E-state index contributed by atoms with van der Waals surface area (Å²) < 4.78 is 24.0. The Labute approximate surface area is 204 Å². The van der Waals surface area contributed by atoms with E-state index in [0.717, 1.165) is 0 Å². The van der Waals surface area contributed by atoms with Crippen molar-refractivity contribution in [3.8, 4) is 5.75 Å². The van der Waals surface area contributed by atoms with Gasteiger partial charge in [-0.3, -0.25) is 9.59 Å². The topological polar surface area (TPSA) is 79.4 Å². The summed E-state index contributed by atoms with van der Waals surface area (Å²) in [6.45, 7) is 3.61. The predicted molar refractivity (Wildman–Crippen MR) is 128 cm³/mol. The minimum absolute atomic E-state index is 0.0751. The van der Waals surface area contributed by atoms with Gasteiger partial charge in [0.1, 0.15) is 11.6 Å². The number of anilines is 1. The summed E-state index contributed by atoms with van der Waals surface area (Å²) in [4.78, 5) is 43.9. The van der Waals surface area contributed by atoms with Crippen molar-refractivity contribution in [1.82, 2.24) is 9.80 Å². The zero-order valence-corrected chi connectivity index (χ0v) is 20.0. The summed E-state index contributed by atoms with van der Waals surface area (Å²) in [6.07, 6.45) is 0.241. The van der Waals surface area contributed by atoms with Crippen LogP contribution >= 0.6 is 0 Å². The van der Waals surface area contributed by atoms with Crippen LogP contribution in [0.5, 0.6) is 5.75 Å². The molecule has 35 heavy (non-hydrogen) atoms. The Hall–Kier alpha value is -3.62. The molecule has 186 valence electrons. The van der Waals surface area contributed by atoms with Gasteiger partial charge in [0.2, 0.25) is 11.8 Å². The van der Waals surface area contributed by atoms with Gasteiger partial charge in [0.15, 0.2) is 0 Å². The second kappa shape index (κ2) is 10.8. The van der Waals surface area contributed by atoms with E-state index < -0.39 is 12.0 Å². The number of ether oxygens (including phenoxy) is 2. The third kappa shape index (κ3) is 5.23. The van der Waals surface area contributed by atoms with Gasteiger partial charge in [-0.2, -0.15) is 0 Å². The molecule has 2 aromatic rings. The number of hydrogen-bond donors (Lipinski definition) is 0. The number of hydrogen-bond acceptors (Lipinski definition) is 5. The molecule has 2 heterocycles. The normalized spacial score (nSPS) is 20.5. The zero-order valence-electron chi connectivity index (χ0n) is 20.0. The SMILES string of the molecule is CCOC(=O)N1CCN(C(=O)[C@@H]2CCC(=O)N(c3ccc(OC)cc3)[C@H]2c2ccc(F)cc2)CC1. The third-order valence-electron chi connectivity index (χ3n) is 6.59. The summed E-state index contributed by atoms with van der Waals surface area (Å²) in [5, 5.41) is 0. The van der Waals surface area contributed by atoms with Crippen LogP contribution in [-0.4, -0.2) is 67.6 Å². The average Bonchev–Trinajstić information content (AvgIpc) is 2.89. The van der Waals surface area contributed by atoms with Crippen molar-refractivity contribution >= 4 is 23.6 Å². The van der Waals surface area contributed by atoms with Crippen molar-refractivity contribution in [3.05, 3.63) is 59.9 Å². The molecule has 2 atom stereocenters. The molecular weight excluding hydrogens is 453 g/mol. The maximum absolute atomic E-state index is 13.7. The first-order valence-corrected chi connectivity index (χ1v) is 11.8. The number of piperidine rings is 1. The molecule has 2 aliphatic rings. The number of amides is 3. The third-order valence-corrected chi connectivity index (χ3v) is 6.59. The van der Waals surface area contributed by atoms with Gasteiger partial charge in [-0.05, 0) is 55.3 Å². The Morgan fingerprint density at radius 2 is 1.60 bits per heavy atom. The number of piperazine rings is 1. The number of halogens is 1. The minimum Gasteiger partial charge on any atom is -0.497 e. The summed E-state index contributed by atoms with van der Waals surface area (Å²) in [5.41, 5.74) is 1.34. The van der Waals surface area contributed by atoms with Gasteiger partial charge >= 0.3 is 6.09 Å². The second-order valence-electron chi connectivity index (χ2n) is 8.61. The highest BCUT2D eigenvalue weighted by molar-refractivity contribution is 5.97. The van der Waals surface area contributed by atoms with Crippen LogP contribution in [0.15, 0.2) is 48.5 Å². The number of carbonyl (C=O) groups is 3. The van der Waals surface area contributed by atoms with Crippen LogP contribution in [0, 0.1) is 11.7 Å².